The first kappa shape index (κ1) is 15.4. The van der Waals surface area contributed by atoms with E-state index in [2.05, 4.69) is 4.98 Å². The van der Waals surface area contributed by atoms with Gasteiger partial charge < -0.3 is 14.0 Å². The van der Waals surface area contributed by atoms with Gasteiger partial charge in [0.25, 0.3) is 0 Å². The maximum Gasteiger partial charge on any atom is 0.340 e. The predicted octanol–water partition coefficient (Wildman–Crippen LogP) is 3.69. The molecule has 3 aromatic rings. The number of ether oxygens (including phenoxy) is 2. The molecule has 0 atom stereocenters. The number of hydrogen-bond acceptors (Lipinski definition) is 4. The Morgan fingerprint density at radius 3 is 2.65 bits per heavy atom. The largest absolute Gasteiger partial charge is 0.497 e. The van der Waals surface area contributed by atoms with Crippen LogP contribution in [0.5, 0.6) is 5.75 Å². The molecule has 0 aliphatic carbocycles. The zero-order chi connectivity index (χ0) is 16.6. The summed E-state index contributed by atoms with van der Waals surface area (Å²) in [7, 11) is 4.79. The van der Waals surface area contributed by atoms with Gasteiger partial charge in [-0.25, -0.2) is 9.78 Å². The number of aromatic nitrogens is 2. The molecule has 0 unspecified atom stereocenters. The van der Waals surface area contributed by atoms with Crippen molar-refractivity contribution in [2.45, 2.75) is 0 Å². The predicted molar refractivity (Wildman–Crippen MR) is 89.1 cm³/mol. The highest BCUT2D eigenvalue weighted by Crippen LogP contribution is 2.33. The lowest BCUT2D eigenvalue weighted by atomic mass is 10.0. The van der Waals surface area contributed by atoms with Crippen molar-refractivity contribution in [3.63, 3.8) is 0 Å². The molecule has 0 aliphatic rings. The zero-order valence-corrected chi connectivity index (χ0v) is 13.7. The Morgan fingerprint density at radius 2 is 1.96 bits per heavy atom. The number of hydrogen-bond donors (Lipinski definition) is 0. The highest BCUT2D eigenvalue weighted by molar-refractivity contribution is 6.33. The van der Waals surface area contributed by atoms with Crippen molar-refractivity contribution >= 4 is 28.5 Å². The lowest BCUT2D eigenvalue weighted by Gasteiger charge is -2.08. The fraction of sp³-hybridized carbons (Fsp3) is 0.176. The van der Waals surface area contributed by atoms with Crippen LogP contribution < -0.4 is 4.74 Å². The summed E-state index contributed by atoms with van der Waals surface area (Å²) in [4.78, 5) is 16.4. The Hall–Kier alpha value is -2.53. The van der Waals surface area contributed by atoms with Gasteiger partial charge in [-0.15, -0.1) is 0 Å². The van der Waals surface area contributed by atoms with Gasteiger partial charge in [-0.05, 0) is 18.2 Å². The van der Waals surface area contributed by atoms with E-state index >= 15 is 0 Å². The fourth-order valence-electron chi connectivity index (χ4n) is 2.51. The average molecular weight is 331 g/mol. The quantitative estimate of drug-likeness (QED) is 0.543. The molecular weight excluding hydrogens is 316 g/mol. The molecule has 3 rings (SSSR count). The van der Waals surface area contributed by atoms with Gasteiger partial charge in [0, 0.05) is 42.0 Å². The molecule has 0 N–H and O–H groups in total. The number of aryl methyl sites for hydroxylation is 1. The van der Waals surface area contributed by atoms with E-state index in [1.54, 1.807) is 17.9 Å². The van der Waals surface area contributed by atoms with Crippen LogP contribution in [-0.4, -0.2) is 29.7 Å². The van der Waals surface area contributed by atoms with E-state index in [1.165, 1.54) is 7.11 Å². The SMILES string of the molecule is COC(=O)c1cn(C)cc1-c1cc2ccc(OC)cc2nc1Cl. The molecule has 2 heterocycles. The van der Waals surface area contributed by atoms with Crippen LogP contribution in [0.2, 0.25) is 5.15 Å². The van der Waals surface area contributed by atoms with Crippen LogP contribution in [0, 0.1) is 0 Å². The van der Waals surface area contributed by atoms with Crippen molar-refractivity contribution in [1.82, 2.24) is 9.55 Å². The number of pyridine rings is 1. The number of esters is 1. The van der Waals surface area contributed by atoms with Crippen molar-refractivity contribution < 1.29 is 14.3 Å². The molecule has 0 amide bonds. The number of carbonyl (C=O) groups excluding carboxylic acids is 1. The molecule has 0 spiro atoms. The summed E-state index contributed by atoms with van der Waals surface area (Å²) in [6.45, 7) is 0. The highest BCUT2D eigenvalue weighted by Gasteiger charge is 2.19. The lowest BCUT2D eigenvalue weighted by molar-refractivity contribution is 0.0601. The molecule has 5 nitrogen and oxygen atoms in total. The molecule has 0 saturated carbocycles. The Kier molecular flexibility index (Phi) is 3.96. The molecule has 0 fully saturated rings. The van der Waals surface area contributed by atoms with Crippen LogP contribution in [0.3, 0.4) is 0 Å². The Bertz CT molecular complexity index is 902. The third-order valence-electron chi connectivity index (χ3n) is 3.63. The minimum Gasteiger partial charge on any atom is -0.497 e. The molecule has 23 heavy (non-hydrogen) atoms. The normalized spacial score (nSPS) is 10.8. The van der Waals surface area contributed by atoms with E-state index in [-0.39, 0.29) is 0 Å². The topological polar surface area (TPSA) is 53.4 Å². The number of carbonyl (C=O) groups is 1. The van der Waals surface area contributed by atoms with E-state index in [0.29, 0.717) is 27.6 Å². The van der Waals surface area contributed by atoms with E-state index in [0.717, 1.165) is 10.9 Å². The van der Waals surface area contributed by atoms with Crippen LogP contribution in [0.15, 0.2) is 36.7 Å². The smallest absolute Gasteiger partial charge is 0.340 e. The highest BCUT2D eigenvalue weighted by atomic mass is 35.5. The number of rotatable bonds is 3. The first-order chi connectivity index (χ1) is 11.0. The Labute approximate surface area is 138 Å². The van der Waals surface area contributed by atoms with Crippen LogP contribution in [0.4, 0.5) is 0 Å². The van der Waals surface area contributed by atoms with Gasteiger partial charge >= 0.3 is 5.97 Å². The number of halogens is 1. The summed E-state index contributed by atoms with van der Waals surface area (Å²) >= 11 is 6.35. The van der Waals surface area contributed by atoms with Crippen molar-refractivity contribution in [2.75, 3.05) is 14.2 Å². The molecule has 118 valence electrons. The number of benzene rings is 1. The molecule has 2 aromatic heterocycles. The van der Waals surface area contributed by atoms with Gasteiger partial charge in [0.1, 0.15) is 10.9 Å². The van der Waals surface area contributed by atoms with E-state index in [1.807, 2.05) is 37.5 Å². The van der Waals surface area contributed by atoms with Gasteiger partial charge in [0.15, 0.2) is 0 Å². The summed E-state index contributed by atoms with van der Waals surface area (Å²) in [5.74, 6) is 0.301. The molecule has 1 aromatic carbocycles. The minimum atomic E-state index is -0.411. The molecule has 6 heteroatoms. The molecule has 0 saturated heterocycles. The van der Waals surface area contributed by atoms with Gasteiger partial charge in [0.05, 0.1) is 25.3 Å². The number of methoxy groups -OCH3 is 2. The molecule has 0 aliphatic heterocycles. The zero-order valence-electron chi connectivity index (χ0n) is 13.0. The summed E-state index contributed by atoms with van der Waals surface area (Å²) in [6, 6.07) is 7.48. The molecular formula is C17H15ClN2O3. The first-order valence-electron chi connectivity index (χ1n) is 6.92. The van der Waals surface area contributed by atoms with Crippen LogP contribution in [0.1, 0.15) is 10.4 Å². The van der Waals surface area contributed by atoms with E-state index < -0.39 is 5.97 Å². The summed E-state index contributed by atoms with van der Waals surface area (Å²) < 4.78 is 11.8. The maximum atomic E-state index is 12.0. The second kappa shape index (κ2) is 5.93. The first-order valence-corrected chi connectivity index (χ1v) is 7.30. The molecule has 0 bridgehead atoms. The van der Waals surface area contributed by atoms with Gasteiger partial charge in [0.2, 0.25) is 0 Å². The monoisotopic (exact) mass is 330 g/mol. The maximum absolute atomic E-state index is 12.0. The van der Waals surface area contributed by atoms with Crippen LogP contribution in [-0.2, 0) is 11.8 Å². The third-order valence-corrected chi connectivity index (χ3v) is 3.92. The Balaban J connectivity index is 2.21. The minimum absolute atomic E-state index is 0.321. The molecule has 0 radical (unpaired) electrons. The fourth-order valence-corrected chi connectivity index (χ4v) is 2.76. The van der Waals surface area contributed by atoms with Gasteiger partial charge in [-0.2, -0.15) is 0 Å². The summed E-state index contributed by atoms with van der Waals surface area (Å²) in [5.41, 5.74) is 2.56. The van der Waals surface area contributed by atoms with E-state index in [4.69, 9.17) is 21.1 Å². The summed E-state index contributed by atoms with van der Waals surface area (Å²) in [6.07, 6.45) is 3.53. The van der Waals surface area contributed by atoms with Crippen molar-refractivity contribution in [3.8, 4) is 16.9 Å². The van der Waals surface area contributed by atoms with Crippen LogP contribution in [0.25, 0.3) is 22.0 Å². The third kappa shape index (κ3) is 2.75. The van der Waals surface area contributed by atoms with Crippen molar-refractivity contribution in [2.24, 2.45) is 7.05 Å². The standard InChI is InChI=1S/C17H15ClN2O3/c1-20-8-13(14(9-20)17(21)23-3)12-6-10-4-5-11(22-2)7-15(10)19-16(12)18/h4-9H,1-3H3. The van der Waals surface area contributed by atoms with Crippen molar-refractivity contribution in [3.05, 3.63) is 47.4 Å². The number of fused-ring (bicyclic) bond motifs is 1. The average Bonchev–Trinajstić information content (AvgIpc) is 2.94. The van der Waals surface area contributed by atoms with Gasteiger partial charge in [-0.3, -0.25) is 0 Å². The van der Waals surface area contributed by atoms with E-state index in [9.17, 15) is 4.79 Å². The Morgan fingerprint density at radius 1 is 1.17 bits per heavy atom. The lowest BCUT2D eigenvalue weighted by Crippen LogP contribution is -2.01. The summed E-state index contributed by atoms with van der Waals surface area (Å²) in [5, 5.41) is 1.23. The van der Waals surface area contributed by atoms with Crippen molar-refractivity contribution in [1.29, 1.82) is 0 Å². The second-order valence-electron chi connectivity index (χ2n) is 5.13. The van der Waals surface area contributed by atoms with Crippen LogP contribution >= 0.6 is 11.6 Å². The number of nitrogens with zero attached hydrogens (tertiary/aromatic N) is 2. The van der Waals surface area contributed by atoms with Gasteiger partial charge in [-0.1, -0.05) is 11.6 Å². The second-order valence-corrected chi connectivity index (χ2v) is 5.49.